The Labute approximate surface area is 51.3 Å². The third-order valence-corrected chi connectivity index (χ3v) is 0.166. The monoisotopic (exact) mass is 182 g/mol. The van der Waals surface area contributed by atoms with Crippen LogP contribution < -0.4 is 5.90 Å². The van der Waals surface area contributed by atoms with E-state index in [4.69, 9.17) is 0 Å². The first-order valence-corrected chi connectivity index (χ1v) is 1.14. The molecule has 6 heavy (non-hydrogen) atoms. The van der Waals surface area contributed by atoms with Crippen LogP contribution in [0.1, 0.15) is 6.92 Å². The molecule has 0 rings (SSSR count). The van der Waals surface area contributed by atoms with Crippen molar-refractivity contribution >= 4 is 5.97 Å². The molecule has 0 aromatic rings. The van der Waals surface area contributed by atoms with E-state index in [1.54, 1.807) is 0 Å². The second-order valence-electron chi connectivity index (χ2n) is 0.609. The van der Waals surface area contributed by atoms with Crippen LogP contribution in [0.25, 0.3) is 0 Å². The molecule has 0 amide bonds. The van der Waals surface area contributed by atoms with Crippen molar-refractivity contribution in [2.24, 2.45) is 5.90 Å². The average molecular weight is 183 g/mol. The summed E-state index contributed by atoms with van der Waals surface area (Å²) in [4.78, 5) is 13.1. The topological polar surface area (TPSA) is 52.3 Å². The molecule has 0 bridgehead atoms. The Morgan fingerprint density at radius 2 is 2.00 bits per heavy atom. The molecule has 1 radical (unpaired) electrons. The Morgan fingerprint density at radius 1 is 1.83 bits per heavy atom. The van der Waals surface area contributed by atoms with Crippen molar-refractivity contribution in [3.8, 4) is 0 Å². The van der Waals surface area contributed by atoms with Gasteiger partial charge in [-0.3, -0.25) is 4.79 Å². The predicted molar refractivity (Wildman–Crippen MR) is 16.0 cm³/mol. The van der Waals surface area contributed by atoms with E-state index in [0.29, 0.717) is 0 Å². The molecule has 2 N–H and O–H groups in total. The molecule has 0 aliphatic heterocycles. The second kappa shape index (κ2) is 5.17. The Balaban J connectivity index is 0. The number of carbonyl (C=O) groups excluding carboxylic acids is 1. The van der Waals surface area contributed by atoms with Gasteiger partial charge in [-0.05, 0) is 0 Å². The standard InChI is InChI=1S/C2H5NO2.Ag/c1-2(4)5-3;/h3H2,1H3;. The van der Waals surface area contributed by atoms with E-state index in [2.05, 4.69) is 10.7 Å². The van der Waals surface area contributed by atoms with Crippen molar-refractivity contribution < 1.29 is 32.0 Å². The fourth-order valence-electron chi connectivity index (χ4n) is 0. The number of hydrogen-bond acceptors (Lipinski definition) is 3. The van der Waals surface area contributed by atoms with Crippen LogP contribution in [-0.4, -0.2) is 5.97 Å². The first-order valence-electron chi connectivity index (χ1n) is 1.14. The van der Waals surface area contributed by atoms with E-state index in [0.717, 1.165) is 0 Å². The first kappa shape index (κ1) is 9.48. The van der Waals surface area contributed by atoms with E-state index >= 15 is 0 Å². The Hall–Kier alpha value is 0.170. The molecule has 3 nitrogen and oxygen atoms in total. The van der Waals surface area contributed by atoms with Crippen molar-refractivity contribution in [3.63, 3.8) is 0 Å². The van der Waals surface area contributed by atoms with Gasteiger partial charge in [0.1, 0.15) is 0 Å². The van der Waals surface area contributed by atoms with Gasteiger partial charge in [-0.2, -0.15) is 5.90 Å². The van der Waals surface area contributed by atoms with Gasteiger partial charge in [0.05, 0.1) is 0 Å². The van der Waals surface area contributed by atoms with Gasteiger partial charge in [0.15, 0.2) is 0 Å². The molecule has 0 atom stereocenters. The zero-order valence-corrected chi connectivity index (χ0v) is 4.68. The van der Waals surface area contributed by atoms with Crippen molar-refractivity contribution in [2.45, 2.75) is 6.92 Å². The Bertz CT molecular complexity index is 46.8. The SMILES string of the molecule is CC(=O)ON.[Ag]. The summed E-state index contributed by atoms with van der Waals surface area (Å²) in [6.45, 7) is 1.24. The van der Waals surface area contributed by atoms with Crippen molar-refractivity contribution in [2.75, 3.05) is 0 Å². The van der Waals surface area contributed by atoms with Crippen LogP contribution in [0.15, 0.2) is 0 Å². The fraction of sp³-hybridized carbons (Fsp3) is 0.500. The van der Waals surface area contributed by atoms with Crippen molar-refractivity contribution in [1.82, 2.24) is 0 Å². The summed E-state index contributed by atoms with van der Waals surface area (Å²) in [6.07, 6.45) is 0. The molecule has 0 fully saturated rings. The molecule has 0 aromatic carbocycles. The van der Waals surface area contributed by atoms with Crippen LogP contribution >= 0.6 is 0 Å². The second-order valence-corrected chi connectivity index (χ2v) is 0.609. The fourth-order valence-corrected chi connectivity index (χ4v) is 0. The van der Waals surface area contributed by atoms with Gasteiger partial charge >= 0.3 is 5.97 Å². The van der Waals surface area contributed by atoms with E-state index in [-0.39, 0.29) is 22.4 Å². The predicted octanol–water partition coefficient (Wildman–Crippen LogP) is -0.579. The summed E-state index contributed by atoms with van der Waals surface area (Å²) in [5, 5.41) is 0. The quantitative estimate of drug-likeness (QED) is 0.403. The largest absolute Gasteiger partial charge is 0.374 e. The van der Waals surface area contributed by atoms with Gasteiger partial charge in [0, 0.05) is 29.3 Å². The van der Waals surface area contributed by atoms with Crippen LogP contribution in [-0.2, 0) is 32.0 Å². The average Bonchev–Trinajstić information content (AvgIpc) is 1.38. The molecule has 0 aromatic heterocycles. The summed E-state index contributed by atoms with van der Waals surface area (Å²) in [5.74, 6) is 3.85. The van der Waals surface area contributed by atoms with E-state index in [1.165, 1.54) is 6.92 Å². The van der Waals surface area contributed by atoms with Gasteiger partial charge in [0.2, 0.25) is 0 Å². The summed E-state index contributed by atoms with van der Waals surface area (Å²) in [6, 6.07) is 0. The normalized spacial score (nSPS) is 5.67. The zero-order valence-electron chi connectivity index (χ0n) is 3.20. The summed E-state index contributed by atoms with van der Waals surface area (Å²) < 4.78 is 0. The third-order valence-electron chi connectivity index (χ3n) is 0.166. The van der Waals surface area contributed by atoms with E-state index in [9.17, 15) is 4.79 Å². The maximum absolute atomic E-state index is 9.47. The number of rotatable bonds is 0. The maximum Gasteiger partial charge on any atom is 0.321 e. The molecule has 4 heteroatoms. The van der Waals surface area contributed by atoms with Gasteiger partial charge in [-0.1, -0.05) is 0 Å². The minimum absolute atomic E-state index is 0. The molecular weight excluding hydrogens is 178 g/mol. The van der Waals surface area contributed by atoms with Gasteiger partial charge in [0.25, 0.3) is 0 Å². The summed E-state index contributed by atoms with van der Waals surface area (Å²) in [5.41, 5.74) is 0. The third kappa shape index (κ3) is 8.90. The van der Waals surface area contributed by atoms with E-state index in [1.807, 2.05) is 0 Å². The van der Waals surface area contributed by atoms with Crippen molar-refractivity contribution in [1.29, 1.82) is 0 Å². The minimum Gasteiger partial charge on any atom is -0.374 e. The molecule has 0 aliphatic rings. The molecule has 41 valence electrons. The van der Waals surface area contributed by atoms with Crippen LogP contribution in [0, 0.1) is 0 Å². The number of carbonyl (C=O) groups is 1. The Kier molecular flexibility index (Phi) is 8.17. The summed E-state index contributed by atoms with van der Waals surface area (Å²) >= 11 is 0. The molecule has 0 saturated heterocycles. The molecule has 0 saturated carbocycles. The van der Waals surface area contributed by atoms with Crippen LogP contribution in [0.4, 0.5) is 0 Å². The molecule has 0 spiro atoms. The number of nitrogens with two attached hydrogens (primary N) is 1. The van der Waals surface area contributed by atoms with Gasteiger partial charge in [-0.25, -0.2) is 0 Å². The van der Waals surface area contributed by atoms with Crippen LogP contribution in [0.2, 0.25) is 0 Å². The van der Waals surface area contributed by atoms with Gasteiger partial charge < -0.3 is 4.84 Å². The molecule has 0 heterocycles. The Morgan fingerprint density at radius 3 is 2.00 bits per heavy atom. The van der Waals surface area contributed by atoms with Crippen LogP contribution in [0.5, 0.6) is 0 Å². The molecular formula is C2H5AgNO2. The maximum atomic E-state index is 9.47. The molecule has 0 aliphatic carbocycles. The molecule has 0 unspecified atom stereocenters. The first-order chi connectivity index (χ1) is 2.27. The van der Waals surface area contributed by atoms with Gasteiger partial charge in [-0.15, -0.1) is 0 Å². The van der Waals surface area contributed by atoms with E-state index < -0.39 is 5.97 Å². The zero-order chi connectivity index (χ0) is 4.28. The number of hydrogen-bond donors (Lipinski definition) is 1. The smallest absolute Gasteiger partial charge is 0.321 e. The van der Waals surface area contributed by atoms with Crippen LogP contribution in [0.3, 0.4) is 0 Å². The van der Waals surface area contributed by atoms with Crippen molar-refractivity contribution in [3.05, 3.63) is 0 Å². The minimum atomic E-state index is -0.468. The summed E-state index contributed by atoms with van der Waals surface area (Å²) in [7, 11) is 0.